The second kappa shape index (κ2) is 61.1. The van der Waals surface area contributed by atoms with Gasteiger partial charge in [-0.05, 0) is 103 Å². The Kier molecular flexibility index (Phi) is 59.0. The fraction of sp³-hybridized carbons (Fsp3) is 0.818. The predicted octanol–water partition coefficient (Wildman–Crippen LogP) is 19.9. The van der Waals surface area contributed by atoms with Crippen LogP contribution in [0.4, 0.5) is 0 Å². The van der Waals surface area contributed by atoms with E-state index < -0.39 is 12.1 Å². The number of nitrogens with one attached hydrogen (secondary N) is 1. The standard InChI is InChI=1S/C66H121NO5/c1-3-5-7-9-11-13-15-17-19-21-23-26-30-34-38-42-46-50-54-58-64(69)63(62-68)67-65(70)59-55-51-47-43-39-35-31-27-25-29-33-37-41-45-49-53-57-61-72-66(71)60-56-52-48-44-40-36-32-28-24-22-20-18-16-14-12-10-8-6-4-2/h12,14,18,20,25,29,37,41,54,58,63-64,68-69H,3-11,13,15-17,19,21-24,26-28,30-36,38-40,42-53,55-57,59-62H2,1-2H3,(H,67,70)/b14-12-,20-18-,29-25-,41-37-,58-54+. The molecular formula is C66H121NO5. The molecule has 72 heavy (non-hydrogen) atoms. The number of amides is 1. The van der Waals surface area contributed by atoms with E-state index in [1.807, 2.05) is 6.08 Å². The quantitative estimate of drug-likeness (QED) is 0.0320. The van der Waals surface area contributed by atoms with Crippen LogP contribution >= 0.6 is 0 Å². The molecule has 0 saturated heterocycles. The number of aliphatic hydroxyl groups excluding tert-OH is 2. The maximum atomic E-state index is 12.5. The van der Waals surface area contributed by atoms with E-state index in [0.29, 0.717) is 19.4 Å². The molecule has 0 spiro atoms. The molecule has 0 aromatic heterocycles. The summed E-state index contributed by atoms with van der Waals surface area (Å²) >= 11 is 0. The highest BCUT2D eigenvalue weighted by molar-refractivity contribution is 5.76. The van der Waals surface area contributed by atoms with Crippen molar-refractivity contribution in [2.75, 3.05) is 13.2 Å². The number of ether oxygens (including phenoxy) is 1. The van der Waals surface area contributed by atoms with Crippen LogP contribution in [0.15, 0.2) is 60.8 Å². The lowest BCUT2D eigenvalue weighted by atomic mass is 10.0. The van der Waals surface area contributed by atoms with Crippen molar-refractivity contribution in [2.45, 2.75) is 334 Å². The van der Waals surface area contributed by atoms with E-state index in [1.165, 1.54) is 205 Å². The van der Waals surface area contributed by atoms with Gasteiger partial charge in [0.1, 0.15) is 0 Å². The summed E-state index contributed by atoms with van der Waals surface area (Å²) in [5, 5.41) is 23.2. The second-order valence-electron chi connectivity index (χ2n) is 21.4. The average Bonchev–Trinajstić information content (AvgIpc) is 3.38. The lowest BCUT2D eigenvalue weighted by molar-refractivity contribution is -0.143. The predicted molar refractivity (Wildman–Crippen MR) is 315 cm³/mol. The van der Waals surface area contributed by atoms with Gasteiger partial charge in [-0.3, -0.25) is 9.59 Å². The van der Waals surface area contributed by atoms with Crippen molar-refractivity contribution in [2.24, 2.45) is 0 Å². The van der Waals surface area contributed by atoms with Gasteiger partial charge < -0.3 is 20.3 Å². The molecule has 0 rings (SSSR count). The number of allylic oxidation sites excluding steroid dienone is 9. The fourth-order valence-corrected chi connectivity index (χ4v) is 9.40. The first-order chi connectivity index (χ1) is 35.5. The molecule has 2 unspecified atom stereocenters. The third-order valence-electron chi connectivity index (χ3n) is 14.3. The van der Waals surface area contributed by atoms with Gasteiger partial charge in [0.05, 0.1) is 25.4 Å². The molecule has 6 heteroatoms. The van der Waals surface area contributed by atoms with Crippen molar-refractivity contribution in [3.63, 3.8) is 0 Å². The van der Waals surface area contributed by atoms with Crippen LogP contribution in [0.5, 0.6) is 0 Å². The van der Waals surface area contributed by atoms with Crippen molar-refractivity contribution in [1.29, 1.82) is 0 Å². The number of aliphatic hydroxyl groups is 2. The zero-order chi connectivity index (χ0) is 52.2. The van der Waals surface area contributed by atoms with Crippen LogP contribution in [0, 0.1) is 0 Å². The molecule has 3 N–H and O–H groups in total. The van der Waals surface area contributed by atoms with E-state index in [2.05, 4.69) is 67.8 Å². The summed E-state index contributed by atoms with van der Waals surface area (Å²) in [5.74, 6) is -0.104. The smallest absolute Gasteiger partial charge is 0.305 e. The molecule has 420 valence electrons. The molecule has 0 aliphatic heterocycles. The molecule has 0 aliphatic rings. The number of esters is 1. The van der Waals surface area contributed by atoms with Gasteiger partial charge in [-0.15, -0.1) is 0 Å². The van der Waals surface area contributed by atoms with Gasteiger partial charge >= 0.3 is 5.97 Å². The Hall–Kier alpha value is -2.44. The number of hydrogen-bond donors (Lipinski definition) is 3. The van der Waals surface area contributed by atoms with Crippen molar-refractivity contribution in [1.82, 2.24) is 5.32 Å². The van der Waals surface area contributed by atoms with Crippen LogP contribution in [0.3, 0.4) is 0 Å². The van der Waals surface area contributed by atoms with E-state index in [-0.39, 0.29) is 18.5 Å². The summed E-state index contributed by atoms with van der Waals surface area (Å²) in [4.78, 5) is 24.6. The van der Waals surface area contributed by atoms with E-state index in [4.69, 9.17) is 4.74 Å². The Morgan fingerprint density at radius 1 is 0.389 bits per heavy atom. The summed E-state index contributed by atoms with van der Waals surface area (Å²) in [7, 11) is 0. The Balaban J connectivity index is 3.52. The molecule has 0 aliphatic carbocycles. The Labute approximate surface area is 448 Å². The van der Waals surface area contributed by atoms with Gasteiger partial charge in [-0.25, -0.2) is 0 Å². The number of unbranched alkanes of at least 4 members (excludes halogenated alkanes) is 39. The van der Waals surface area contributed by atoms with Crippen LogP contribution in [0.1, 0.15) is 322 Å². The van der Waals surface area contributed by atoms with Crippen LogP contribution < -0.4 is 5.32 Å². The highest BCUT2D eigenvalue weighted by Gasteiger charge is 2.18. The molecule has 0 aromatic rings. The maximum Gasteiger partial charge on any atom is 0.305 e. The van der Waals surface area contributed by atoms with E-state index in [9.17, 15) is 19.8 Å². The Bertz CT molecular complexity index is 1250. The minimum Gasteiger partial charge on any atom is -0.466 e. The number of hydrogen-bond acceptors (Lipinski definition) is 5. The molecule has 0 saturated carbocycles. The third-order valence-corrected chi connectivity index (χ3v) is 14.3. The lowest BCUT2D eigenvalue weighted by Gasteiger charge is -2.20. The Morgan fingerprint density at radius 3 is 1.08 bits per heavy atom. The van der Waals surface area contributed by atoms with E-state index in [1.54, 1.807) is 6.08 Å². The molecule has 6 nitrogen and oxygen atoms in total. The van der Waals surface area contributed by atoms with Gasteiger partial charge in [-0.2, -0.15) is 0 Å². The minimum absolute atomic E-state index is 0.0205. The minimum atomic E-state index is -0.857. The molecule has 0 heterocycles. The summed E-state index contributed by atoms with van der Waals surface area (Å²) in [6.07, 6.45) is 79.7. The van der Waals surface area contributed by atoms with Gasteiger partial charge in [0.25, 0.3) is 0 Å². The highest BCUT2D eigenvalue weighted by atomic mass is 16.5. The largest absolute Gasteiger partial charge is 0.466 e. The molecule has 1 amide bonds. The number of rotatable bonds is 58. The molecule has 0 fully saturated rings. The van der Waals surface area contributed by atoms with Gasteiger partial charge in [-0.1, -0.05) is 267 Å². The first kappa shape index (κ1) is 69.6. The van der Waals surface area contributed by atoms with Crippen LogP contribution in [0.2, 0.25) is 0 Å². The Morgan fingerprint density at radius 2 is 0.694 bits per heavy atom. The van der Waals surface area contributed by atoms with Crippen LogP contribution in [-0.4, -0.2) is 47.4 Å². The van der Waals surface area contributed by atoms with E-state index >= 15 is 0 Å². The summed E-state index contributed by atoms with van der Waals surface area (Å²) < 4.78 is 5.47. The first-order valence-corrected chi connectivity index (χ1v) is 31.6. The van der Waals surface area contributed by atoms with Gasteiger partial charge in [0, 0.05) is 12.8 Å². The summed E-state index contributed by atoms with van der Waals surface area (Å²) in [6.45, 7) is 4.84. The maximum absolute atomic E-state index is 12.5. The van der Waals surface area contributed by atoms with Gasteiger partial charge in [0.15, 0.2) is 0 Å². The van der Waals surface area contributed by atoms with Crippen molar-refractivity contribution >= 4 is 11.9 Å². The summed E-state index contributed by atoms with van der Waals surface area (Å²) in [5.41, 5.74) is 0. The zero-order valence-corrected chi connectivity index (χ0v) is 47.9. The molecule has 0 radical (unpaired) electrons. The molecule has 0 aromatic carbocycles. The zero-order valence-electron chi connectivity index (χ0n) is 47.9. The highest BCUT2D eigenvalue weighted by Crippen LogP contribution is 2.16. The molecule has 0 bridgehead atoms. The normalized spacial score (nSPS) is 13.0. The second-order valence-corrected chi connectivity index (χ2v) is 21.4. The van der Waals surface area contributed by atoms with Crippen molar-refractivity contribution in [3.8, 4) is 0 Å². The monoisotopic (exact) mass is 1010 g/mol. The van der Waals surface area contributed by atoms with Crippen LogP contribution in [-0.2, 0) is 14.3 Å². The third kappa shape index (κ3) is 56.8. The first-order valence-electron chi connectivity index (χ1n) is 31.6. The fourth-order valence-electron chi connectivity index (χ4n) is 9.40. The topological polar surface area (TPSA) is 95.9 Å². The SMILES string of the molecule is CCCCC/C=C\C/C=C\CCCCCCCCCCCC(=O)OCCCCC/C=C\C/C=C\CCCCCCCCCC(=O)NC(CO)C(O)/C=C/CCCCCCCCCCCCCCCCCCC. The number of carbonyl (C=O) groups excluding carboxylic acids is 2. The molecular weight excluding hydrogens is 887 g/mol. The molecule has 2 atom stereocenters. The van der Waals surface area contributed by atoms with Crippen LogP contribution in [0.25, 0.3) is 0 Å². The van der Waals surface area contributed by atoms with Crippen molar-refractivity contribution < 1.29 is 24.5 Å². The van der Waals surface area contributed by atoms with Crippen molar-refractivity contribution in [3.05, 3.63) is 60.8 Å². The average molecular weight is 1010 g/mol. The van der Waals surface area contributed by atoms with E-state index in [0.717, 1.165) is 89.9 Å². The summed E-state index contributed by atoms with van der Waals surface area (Å²) in [6, 6.07) is -0.642. The lowest BCUT2D eigenvalue weighted by Crippen LogP contribution is -2.45. The van der Waals surface area contributed by atoms with Gasteiger partial charge in [0.2, 0.25) is 5.91 Å². The number of carbonyl (C=O) groups is 2.